The Kier molecular flexibility index (Phi) is 20.1. The standard InChI is InChI=1S/C52H82N8O10/c1-14-41(57(10)11)44(62)49(66-16-3)69-47-34(5)45(68-43(61)27-37-21-20-24-54-30-37)35(6)48(63)67-42(15-2)52(9)46(36(7)58(12)31-33(4)29-51(47,8)65-13)60(50(64)70-52)26-18-17-25-59-32-40(55-56-59)38-22-19-23-39(53)28-38/h19-24,28,30,32-36,41-42,44-47,49,62H,14-18,25-27,29,31,53H2,1-13H3/t33-,34-,35-,36-,41?,42-,44?,45?,46-,47-,49+,51-,52-/m1/s1. The first kappa shape index (κ1) is 56.2. The third kappa shape index (κ3) is 13.4. The number of aliphatic hydroxyl groups excluding tert-OH is 1. The van der Waals surface area contributed by atoms with E-state index in [2.05, 4.69) is 34.0 Å². The first-order chi connectivity index (χ1) is 33.2. The first-order valence-electron chi connectivity index (χ1n) is 25.1. The molecule has 2 saturated heterocycles. The number of aliphatic hydroxyl groups is 1. The summed E-state index contributed by atoms with van der Waals surface area (Å²) in [4.78, 5) is 53.2. The number of aromatic nitrogens is 4. The lowest BCUT2D eigenvalue weighted by molar-refractivity contribution is -0.274. The number of aryl methyl sites for hydroxylation is 1. The number of carbonyl (C=O) groups is 3. The van der Waals surface area contributed by atoms with Gasteiger partial charge in [-0.05, 0) is 118 Å². The maximum absolute atomic E-state index is 14.9. The molecule has 2 fully saturated rings. The number of amides is 1. The van der Waals surface area contributed by atoms with Crippen molar-refractivity contribution in [3.63, 3.8) is 0 Å². The van der Waals surface area contributed by atoms with Gasteiger partial charge in [-0.1, -0.05) is 51.1 Å². The second-order valence-electron chi connectivity index (χ2n) is 20.2. The number of benzene rings is 1. The number of carbonyl (C=O) groups excluding carboxylic acids is 3. The van der Waals surface area contributed by atoms with Crippen molar-refractivity contribution in [2.45, 2.75) is 167 Å². The zero-order valence-corrected chi connectivity index (χ0v) is 43.9. The third-order valence-electron chi connectivity index (χ3n) is 14.6. The summed E-state index contributed by atoms with van der Waals surface area (Å²) in [5.74, 6) is -3.04. The predicted molar refractivity (Wildman–Crippen MR) is 266 cm³/mol. The lowest BCUT2D eigenvalue weighted by Crippen LogP contribution is -2.61. The number of anilines is 1. The van der Waals surface area contributed by atoms with Gasteiger partial charge >= 0.3 is 18.0 Å². The number of pyridine rings is 1. The molecule has 4 heterocycles. The molecule has 1 aromatic carbocycles. The topological polar surface area (TPSA) is 206 Å². The molecule has 0 spiro atoms. The van der Waals surface area contributed by atoms with Gasteiger partial charge in [0.2, 0.25) is 0 Å². The van der Waals surface area contributed by atoms with Crippen molar-refractivity contribution in [3.05, 3.63) is 60.6 Å². The predicted octanol–water partition coefficient (Wildman–Crippen LogP) is 6.24. The first-order valence-corrected chi connectivity index (χ1v) is 25.1. The van der Waals surface area contributed by atoms with Gasteiger partial charge in [0.25, 0.3) is 0 Å². The number of likely N-dealkylation sites (N-methyl/N-ethyl adjacent to an activating group) is 2. The number of nitrogen functional groups attached to an aromatic ring is 1. The minimum atomic E-state index is -1.27. The van der Waals surface area contributed by atoms with Crippen LogP contribution in [-0.2, 0) is 51.0 Å². The smallest absolute Gasteiger partial charge is 0.410 e. The van der Waals surface area contributed by atoms with E-state index in [9.17, 15) is 19.5 Å². The minimum absolute atomic E-state index is 0.0389. The van der Waals surface area contributed by atoms with Crippen LogP contribution in [0.3, 0.4) is 0 Å². The van der Waals surface area contributed by atoms with Crippen LogP contribution in [0.5, 0.6) is 0 Å². The zero-order chi connectivity index (χ0) is 51.5. The fraction of sp³-hybridized carbons (Fsp3) is 0.692. The molecule has 3 N–H and O–H groups in total. The van der Waals surface area contributed by atoms with Crippen molar-refractivity contribution in [1.29, 1.82) is 0 Å². The average Bonchev–Trinajstić information content (AvgIpc) is 3.90. The molecule has 0 saturated carbocycles. The largest absolute Gasteiger partial charge is 0.461 e. The van der Waals surface area contributed by atoms with Gasteiger partial charge < -0.3 is 49.1 Å². The number of unbranched alkanes of at least 4 members (excludes halogenated alkanes) is 1. The van der Waals surface area contributed by atoms with Crippen LogP contribution in [0, 0.1) is 17.8 Å². The van der Waals surface area contributed by atoms with Gasteiger partial charge in [0.05, 0.1) is 36.3 Å². The summed E-state index contributed by atoms with van der Waals surface area (Å²) in [5, 5.41) is 20.6. The number of hydrogen-bond donors (Lipinski definition) is 2. The highest BCUT2D eigenvalue weighted by Gasteiger charge is 2.59. The van der Waals surface area contributed by atoms with Crippen molar-refractivity contribution in [2.24, 2.45) is 17.8 Å². The van der Waals surface area contributed by atoms with Gasteiger partial charge in [0.15, 0.2) is 11.9 Å². The molecule has 3 unspecified atom stereocenters. The number of nitrogens with two attached hydrogens (primary N) is 1. The van der Waals surface area contributed by atoms with E-state index in [0.717, 1.165) is 11.3 Å². The Bertz CT molecular complexity index is 2130. The summed E-state index contributed by atoms with van der Waals surface area (Å²) in [6.45, 7) is 19.1. The second-order valence-corrected chi connectivity index (χ2v) is 20.2. The van der Waals surface area contributed by atoms with Crippen molar-refractivity contribution in [2.75, 3.05) is 53.7 Å². The monoisotopic (exact) mass is 979 g/mol. The Morgan fingerprint density at radius 2 is 1.79 bits per heavy atom. The third-order valence-corrected chi connectivity index (χ3v) is 14.6. The normalized spacial score (nSPS) is 29.6. The van der Waals surface area contributed by atoms with Crippen molar-refractivity contribution >= 4 is 23.7 Å². The van der Waals surface area contributed by atoms with E-state index in [1.54, 1.807) is 48.1 Å². The van der Waals surface area contributed by atoms with Crippen LogP contribution >= 0.6 is 0 Å². The lowest BCUT2D eigenvalue weighted by atomic mass is 9.77. The molecule has 1 amide bonds. The van der Waals surface area contributed by atoms with E-state index < -0.39 is 77.8 Å². The molecule has 13 atom stereocenters. The summed E-state index contributed by atoms with van der Waals surface area (Å²) in [6.07, 6.45) is 2.17. The molecule has 70 heavy (non-hydrogen) atoms. The SMILES string of the molecule is CCO[C@@H](O[C@@H]1[C@H](C)C(OC(=O)Cc2cccnc2)[C@@H](C)C(=O)O[C@H](CC)[C@@]2(C)OC(=O)N(CCCCn3cc(-c4cccc(N)c4)nn3)[C@@H]2[C@@H](C)N(C)C[C@H](C)C[C@@]1(C)OC)C(O)C(CC)N(C)C. The molecular formula is C52H82N8O10. The van der Waals surface area contributed by atoms with Crippen LogP contribution < -0.4 is 5.73 Å². The Balaban J connectivity index is 1.51. The lowest BCUT2D eigenvalue weighted by Gasteiger charge is -2.46. The van der Waals surface area contributed by atoms with Crippen molar-refractivity contribution in [1.82, 2.24) is 34.7 Å². The minimum Gasteiger partial charge on any atom is -0.461 e. The van der Waals surface area contributed by atoms with Gasteiger partial charge in [-0.25, -0.2) is 4.79 Å². The fourth-order valence-corrected chi connectivity index (χ4v) is 10.9. The molecule has 18 heteroatoms. The van der Waals surface area contributed by atoms with E-state index in [4.69, 9.17) is 34.2 Å². The summed E-state index contributed by atoms with van der Waals surface area (Å²) in [6, 6.07) is 9.90. The van der Waals surface area contributed by atoms with Crippen LogP contribution in [0.25, 0.3) is 11.3 Å². The quantitative estimate of drug-likeness (QED) is 0.0448. The van der Waals surface area contributed by atoms with Crippen LogP contribution in [0.2, 0.25) is 0 Å². The molecule has 2 aliphatic heterocycles. The maximum Gasteiger partial charge on any atom is 0.410 e. The summed E-state index contributed by atoms with van der Waals surface area (Å²) < 4.78 is 40.9. The molecule has 390 valence electrons. The summed E-state index contributed by atoms with van der Waals surface area (Å²) >= 11 is 0. The zero-order valence-electron chi connectivity index (χ0n) is 43.9. The van der Waals surface area contributed by atoms with Gasteiger partial charge in [0, 0.05) is 75.0 Å². The van der Waals surface area contributed by atoms with Gasteiger partial charge in [-0.3, -0.25) is 24.2 Å². The van der Waals surface area contributed by atoms with Gasteiger partial charge in [0.1, 0.15) is 24.0 Å². The average molecular weight is 979 g/mol. The molecule has 3 aromatic rings. The van der Waals surface area contributed by atoms with Gasteiger partial charge in [-0.15, -0.1) is 5.10 Å². The van der Waals surface area contributed by atoms with E-state index in [1.165, 1.54) is 0 Å². The van der Waals surface area contributed by atoms with Crippen LogP contribution in [0.4, 0.5) is 10.5 Å². The molecule has 0 radical (unpaired) electrons. The molecule has 0 aliphatic carbocycles. The highest BCUT2D eigenvalue weighted by Crippen LogP contribution is 2.42. The number of methoxy groups -OCH3 is 1. The number of rotatable bonds is 19. The van der Waals surface area contributed by atoms with Crippen molar-refractivity contribution < 1.29 is 47.9 Å². The molecule has 18 nitrogen and oxygen atoms in total. The van der Waals surface area contributed by atoms with Crippen LogP contribution in [0.15, 0.2) is 55.0 Å². The van der Waals surface area contributed by atoms with E-state index in [-0.39, 0.29) is 31.0 Å². The fourth-order valence-electron chi connectivity index (χ4n) is 10.9. The Morgan fingerprint density at radius 3 is 2.41 bits per heavy atom. The van der Waals surface area contributed by atoms with E-state index in [0.29, 0.717) is 63.0 Å². The molecule has 0 bridgehead atoms. The maximum atomic E-state index is 14.9. The number of fused-ring (bicyclic) bond motifs is 1. The van der Waals surface area contributed by atoms with Gasteiger partial charge in [-0.2, -0.15) is 0 Å². The summed E-state index contributed by atoms with van der Waals surface area (Å²) in [5.41, 5.74) is 6.53. The Morgan fingerprint density at radius 1 is 1.06 bits per heavy atom. The Labute approximate surface area is 415 Å². The van der Waals surface area contributed by atoms with E-state index >= 15 is 0 Å². The summed E-state index contributed by atoms with van der Waals surface area (Å²) in [7, 11) is 7.45. The number of nitrogens with zero attached hydrogens (tertiary/aromatic N) is 7. The number of hydrogen-bond acceptors (Lipinski definition) is 16. The molecule has 2 aromatic heterocycles. The van der Waals surface area contributed by atoms with Crippen LogP contribution in [-0.4, -0.2) is 166 Å². The number of esters is 2. The number of cyclic esters (lactones) is 1. The van der Waals surface area contributed by atoms with E-state index in [1.807, 2.05) is 98.0 Å². The molecule has 5 rings (SSSR count). The molecule has 2 aliphatic rings. The van der Waals surface area contributed by atoms with Crippen LogP contribution in [0.1, 0.15) is 100.0 Å². The number of ether oxygens (including phenoxy) is 6. The molecular weight excluding hydrogens is 897 g/mol. The second kappa shape index (κ2) is 25.1. The Hall–Kier alpha value is -4.72. The highest BCUT2D eigenvalue weighted by atomic mass is 16.7. The highest BCUT2D eigenvalue weighted by molar-refractivity contribution is 5.76. The van der Waals surface area contributed by atoms with Crippen molar-refractivity contribution in [3.8, 4) is 11.3 Å².